The predicted molar refractivity (Wildman–Crippen MR) is 69.0 cm³/mol. The lowest BCUT2D eigenvalue weighted by Crippen LogP contribution is -2.45. The van der Waals surface area contributed by atoms with Gasteiger partial charge in [0.15, 0.2) is 4.08 Å². The molecule has 1 aliphatic heterocycles. The van der Waals surface area contributed by atoms with Crippen LogP contribution in [-0.4, -0.2) is 35.5 Å². The summed E-state index contributed by atoms with van der Waals surface area (Å²) in [4.78, 5) is 11.6. The highest BCUT2D eigenvalue weighted by Crippen LogP contribution is 2.40. The second-order valence-electron chi connectivity index (χ2n) is 4.08. The van der Waals surface area contributed by atoms with Crippen LogP contribution in [0.4, 0.5) is 0 Å². The first-order chi connectivity index (χ1) is 8.03. The smallest absolute Gasteiger partial charge is 0.256 e. The fourth-order valence-corrected chi connectivity index (χ4v) is 5.34. The number of allylic oxidation sites excluding steroid dienone is 3. The summed E-state index contributed by atoms with van der Waals surface area (Å²) < 4.78 is 25.1. The number of nitrogens with zero attached hydrogens (tertiary/aromatic N) is 1. The van der Waals surface area contributed by atoms with Crippen LogP contribution >= 0.6 is 11.8 Å². The largest absolute Gasteiger partial charge is 0.274 e. The maximum Gasteiger partial charge on any atom is 0.256 e. The van der Waals surface area contributed by atoms with Crippen molar-refractivity contribution in [2.45, 2.75) is 23.3 Å². The first kappa shape index (κ1) is 12.7. The predicted octanol–water partition coefficient (Wildman–Crippen LogP) is 1.51. The molecule has 94 valence electrons. The first-order valence-corrected chi connectivity index (χ1v) is 8.15. The van der Waals surface area contributed by atoms with E-state index < -0.39 is 14.1 Å². The van der Waals surface area contributed by atoms with Gasteiger partial charge in [-0.1, -0.05) is 24.3 Å². The van der Waals surface area contributed by atoms with Gasteiger partial charge in [-0.15, -0.1) is 11.8 Å². The number of rotatable bonds is 3. The SMILES string of the molecule is CSC1(S(=O)(=O)N2CCCC2=O)C=CC=CC1. The van der Waals surface area contributed by atoms with Crippen LogP contribution in [0.1, 0.15) is 19.3 Å². The number of carbonyl (C=O) groups excluding carboxylic acids is 1. The zero-order chi connectivity index (χ0) is 12.5. The van der Waals surface area contributed by atoms with Crippen LogP contribution in [-0.2, 0) is 14.8 Å². The van der Waals surface area contributed by atoms with Crippen LogP contribution in [0, 0.1) is 0 Å². The third-order valence-corrected chi connectivity index (χ3v) is 7.37. The highest BCUT2D eigenvalue weighted by atomic mass is 32.3. The Bertz CT molecular complexity index is 481. The Morgan fingerprint density at radius 1 is 1.41 bits per heavy atom. The zero-order valence-electron chi connectivity index (χ0n) is 9.63. The van der Waals surface area contributed by atoms with Gasteiger partial charge in [-0.3, -0.25) is 4.79 Å². The molecule has 1 fully saturated rings. The second-order valence-corrected chi connectivity index (χ2v) is 7.60. The highest BCUT2D eigenvalue weighted by Gasteiger charge is 2.47. The van der Waals surface area contributed by atoms with Crippen molar-refractivity contribution in [1.82, 2.24) is 4.31 Å². The van der Waals surface area contributed by atoms with E-state index in [1.807, 2.05) is 12.2 Å². The fourth-order valence-electron chi connectivity index (χ4n) is 2.09. The topological polar surface area (TPSA) is 54.5 Å². The van der Waals surface area contributed by atoms with E-state index in [0.29, 0.717) is 25.8 Å². The average molecular weight is 273 g/mol. The molecule has 4 nitrogen and oxygen atoms in total. The van der Waals surface area contributed by atoms with Gasteiger partial charge in [-0.25, -0.2) is 12.7 Å². The number of sulfonamides is 1. The van der Waals surface area contributed by atoms with Gasteiger partial charge in [0, 0.05) is 13.0 Å². The summed E-state index contributed by atoms with van der Waals surface area (Å²) in [6.07, 6.45) is 10.2. The molecule has 1 atom stereocenters. The average Bonchev–Trinajstić information content (AvgIpc) is 2.77. The van der Waals surface area contributed by atoms with Crippen molar-refractivity contribution in [2.24, 2.45) is 0 Å². The third kappa shape index (κ3) is 1.93. The lowest BCUT2D eigenvalue weighted by atomic mass is 10.2. The molecule has 17 heavy (non-hydrogen) atoms. The molecule has 1 amide bonds. The summed E-state index contributed by atoms with van der Waals surface area (Å²) >= 11 is 1.27. The molecular formula is C11H15NO3S2. The van der Waals surface area contributed by atoms with Crippen LogP contribution in [0.15, 0.2) is 24.3 Å². The molecule has 0 saturated carbocycles. The number of carbonyl (C=O) groups is 1. The van der Waals surface area contributed by atoms with E-state index in [1.54, 1.807) is 18.4 Å². The molecule has 6 heteroatoms. The molecular weight excluding hydrogens is 258 g/mol. The van der Waals surface area contributed by atoms with Gasteiger partial charge in [0.25, 0.3) is 10.0 Å². The minimum Gasteiger partial charge on any atom is -0.274 e. The maximum absolute atomic E-state index is 12.6. The summed E-state index contributed by atoms with van der Waals surface area (Å²) in [7, 11) is -3.61. The molecule has 0 spiro atoms. The maximum atomic E-state index is 12.6. The summed E-state index contributed by atoms with van der Waals surface area (Å²) in [5.41, 5.74) is 0. The molecule has 0 aromatic rings. The van der Waals surface area contributed by atoms with Gasteiger partial charge < -0.3 is 0 Å². The Labute approximate surface area is 106 Å². The van der Waals surface area contributed by atoms with E-state index in [1.165, 1.54) is 11.8 Å². The Hall–Kier alpha value is -0.750. The Kier molecular flexibility index (Phi) is 3.36. The van der Waals surface area contributed by atoms with Crippen molar-refractivity contribution in [2.75, 3.05) is 12.8 Å². The van der Waals surface area contributed by atoms with E-state index >= 15 is 0 Å². The molecule has 0 aromatic carbocycles. The number of thioether (sulfide) groups is 1. The van der Waals surface area contributed by atoms with Crippen LogP contribution in [0.25, 0.3) is 0 Å². The molecule has 2 aliphatic rings. The van der Waals surface area contributed by atoms with Crippen molar-refractivity contribution in [1.29, 1.82) is 0 Å². The quantitative estimate of drug-likeness (QED) is 0.782. The molecule has 0 radical (unpaired) electrons. The van der Waals surface area contributed by atoms with E-state index in [-0.39, 0.29) is 5.91 Å². The van der Waals surface area contributed by atoms with Gasteiger partial charge in [0.2, 0.25) is 5.91 Å². The van der Waals surface area contributed by atoms with Gasteiger partial charge in [-0.2, -0.15) is 0 Å². The summed E-state index contributed by atoms with van der Waals surface area (Å²) in [5, 5.41) is 0. The monoisotopic (exact) mass is 273 g/mol. The third-order valence-electron chi connectivity index (χ3n) is 3.10. The molecule has 1 unspecified atom stereocenters. The zero-order valence-corrected chi connectivity index (χ0v) is 11.3. The molecule has 0 N–H and O–H groups in total. The van der Waals surface area contributed by atoms with Crippen LogP contribution < -0.4 is 0 Å². The van der Waals surface area contributed by atoms with E-state index in [0.717, 1.165) is 4.31 Å². The van der Waals surface area contributed by atoms with E-state index in [4.69, 9.17) is 0 Å². The molecule has 2 rings (SSSR count). The molecule has 0 bridgehead atoms. The minimum absolute atomic E-state index is 0.277. The van der Waals surface area contributed by atoms with Crippen molar-refractivity contribution in [3.05, 3.63) is 24.3 Å². The van der Waals surface area contributed by atoms with Gasteiger partial charge in [0.1, 0.15) is 0 Å². The van der Waals surface area contributed by atoms with Crippen molar-refractivity contribution >= 4 is 27.7 Å². The number of hydrogen-bond acceptors (Lipinski definition) is 4. The molecule has 1 saturated heterocycles. The molecule has 0 aromatic heterocycles. The van der Waals surface area contributed by atoms with Crippen LogP contribution in [0.5, 0.6) is 0 Å². The van der Waals surface area contributed by atoms with Crippen molar-refractivity contribution in [3.63, 3.8) is 0 Å². The van der Waals surface area contributed by atoms with Gasteiger partial charge >= 0.3 is 0 Å². The fraction of sp³-hybridized carbons (Fsp3) is 0.545. The molecule has 1 heterocycles. The van der Waals surface area contributed by atoms with Crippen molar-refractivity contribution < 1.29 is 13.2 Å². The minimum atomic E-state index is -3.61. The summed E-state index contributed by atoms with van der Waals surface area (Å²) in [6.45, 7) is 0.320. The number of amides is 1. The Morgan fingerprint density at radius 3 is 2.65 bits per heavy atom. The second kappa shape index (κ2) is 4.49. The summed E-state index contributed by atoms with van der Waals surface area (Å²) in [6, 6.07) is 0. The van der Waals surface area contributed by atoms with Gasteiger partial charge in [0.05, 0.1) is 0 Å². The Balaban J connectivity index is 2.40. The van der Waals surface area contributed by atoms with Crippen molar-refractivity contribution in [3.8, 4) is 0 Å². The highest BCUT2D eigenvalue weighted by molar-refractivity contribution is 8.14. The van der Waals surface area contributed by atoms with E-state index in [2.05, 4.69) is 0 Å². The lowest BCUT2D eigenvalue weighted by Gasteiger charge is -2.32. The van der Waals surface area contributed by atoms with Crippen LogP contribution in [0.2, 0.25) is 0 Å². The first-order valence-electron chi connectivity index (χ1n) is 5.48. The van der Waals surface area contributed by atoms with Crippen LogP contribution in [0.3, 0.4) is 0 Å². The standard InChI is InChI=1S/C11H15NO3S2/c1-16-11(7-3-2-4-8-11)17(14,15)12-9-5-6-10(12)13/h2-4,7H,5-6,8-9H2,1H3. The summed E-state index contributed by atoms with van der Waals surface area (Å²) in [5.74, 6) is -0.277. The lowest BCUT2D eigenvalue weighted by molar-refractivity contribution is -0.123. The van der Waals surface area contributed by atoms with Gasteiger partial charge in [-0.05, 0) is 19.1 Å². The Morgan fingerprint density at radius 2 is 2.18 bits per heavy atom. The molecule has 1 aliphatic carbocycles. The van der Waals surface area contributed by atoms with E-state index in [9.17, 15) is 13.2 Å². The normalized spacial score (nSPS) is 29.0. The number of hydrogen-bond donors (Lipinski definition) is 0.